The molecule has 0 unspecified atom stereocenters. The van der Waals surface area contributed by atoms with Crippen LogP contribution >= 0.6 is 0 Å². The molecule has 5 heteroatoms. The third-order valence-electron chi connectivity index (χ3n) is 3.26. The number of amides is 1. The Balaban J connectivity index is 1.89. The fraction of sp³-hybridized carbons (Fsp3) is 0.125. The molecule has 0 radical (unpaired) electrons. The minimum Gasteiger partial charge on any atom is -0.456 e. The van der Waals surface area contributed by atoms with Crippen LogP contribution < -0.4 is 10.1 Å². The molecule has 0 aromatic heterocycles. The van der Waals surface area contributed by atoms with Gasteiger partial charge in [-0.1, -0.05) is 0 Å². The van der Waals surface area contributed by atoms with Crippen LogP contribution in [0.2, 0.25) is 0 Å². The molecule has 21 heavy (non-hydrogen) atoms. The van der Waals surface area contributed by atoms with Gasteiger partial charge in [-0.2, -0.15) is 5.26 Å². The Bertz CT molecular complexity index is 765. The Morgan fingerprint density at radius 2 is 2.05 bits per heavy atom. The van der Waals surface area contributed by atoms with E-state index in [-0.39, 0.29) is 11.5 Å². The summed E-state index contributed by atoms with van der Waals surface area (Å²) < 4.78 is 18.7. The second kappa shape index (κ2) is 5.25. The second-order valence-electron chi connectivity index (χ2n) is 4.72. The molecule has 1 heterocycles. The number of hydrogen-bond acceptors (Lipinski definition) is 3. The Morgan fingerprint density at radius 1 is 1.19 bits per heavy atom. The van der Waals surface area contributed by atoms with Crippen molar-refractivity contribution in [2.45, 2.75) is 12.8 Å². The number of nitriles is 1. The zero-order chi connectivity index (χ0) is 14.8. The molecule has 1 N–H and O–H groups in total. The Hall–Kier alpha value is -2.87. The summed E-state index contributed by atoms with van der Waals surface area (Å²) in [5.41, 5.74) is 1.90. The van der Waals surface area contributed by atoms with Crippen molar-refractivity contribution in [3.63, 3.8) is 0 Å². The van der Waals surface area contributed by atoms with Crippen molar-refractivity contribution >= 4 is 11.6 Å². The monoisotopic (exact) mass is 282 g/mol. The van der Waals surface area contributed by atoms with Gasteiger partial charge in [-0.05, 0) is 48.4 Å². The van der Waals surface area contributed by atoms with Gasteiger partial charge in [0.25, 0.3) is 0 Å². The van der Waals surface area contributed by atoms with Crippen molar-refractivity contribution in [2.75, 3.05) is 5.32 Å². The maximum Gasteiger partial charge on any atom is 0.224 e. The van der Waals surface area contributed by atoms with Crippen LogP contribution in [0.25, 0.3) is 0 Å². The lowest BCUT2D eigenvalue weighted by molar-refractivity contribution is -0.116. The quantitative estimate of drug-likeness (QED) is 0.918. The number of rotatable bonds is 2. The molecule has 2 aromatic carbocycles. The number of benzene rings is 2. The first-order valence-electron chi connectivity index (χ1n) is 6.46. The first-order chi connectivity index (χ1) is 10.2. The lowest BCUT2D eigenvalue weighted by Gasteiger charge is -2.17. The van der Waals surface area contributed by atoms with E-state index in [4.69, 9.17) is 10.00 Å². The number of halogens is 1. The molecule has 1 aliphatic rings. The van der Waals surface area contributed by atoms with Crippen molar-refractivity contribution in [1.82, 2.24) is 0 Å². The summed E-state index contributed by atoms with van der Waals surface area (Å²) >= 11 is 0. The van der Waals surface area contributed by atoms with Gasteiger partial charge in [0, 0.05) is 12.1 Å². The number of ether oxygens (including phenoxy) is 1. The zero-order valence-corrected chi connectivity index (χ0v) is 11.0. The highest BCUT2D eigenvalue weighted by Crippen LogP contribution is 2.31. The van der Waals surface area contributed by atoms with E-state index < -0.39 is 5.82 Å². The highest BCUT2D eigenvalue weighted by Gasteiger charge is 2.15. The lowest BCUT2D eigenvalue weighted by atomic mass is 10.0. The van der Waals surface area contributed by atoms with Crippen LogP contribution in [0.1, 0.15) is 17.5 Å². The first-order valence-corrected chi connectivity index (χ1v) is 6.46. The van der Waals surface area contributed by atoms with Crippen molar-refractivity contribution in [3.8, 4) is 17.6 Å². The summed E-state index contributed by atoms with van der Waals surface area (Å²) in [7, 11) is 0. The number of carbonyl (C=O) groups excluding carboxylic acids is 1. The Morgan fingerprint density at radius 3 is 2.86 bits per heavy atom. The molecule has 0 atom stereocenters. The summed E-state index contributed by atoms with van der Waals surface area (Å²) in [6.07, 6.45) is 1.09. The van der Waals surface area contributed by atoms with Gasteiger partial charge in [-0.15, -0.1) is 0 Å². The zero-order valence-electron chi connectivity index (χ0n) is 11.0. The number of carbonyl (C=O) groups is 1. The standard InChI is InChI=1S/C16H11FN2O2/c17-12-2-5-15(11(7-12)9-18)21-13-3-4-14-10(8-13)1-6-16(20)19-14/h2-5,7-8H,1,6H2,(H,19,20). The summed E-state index contributed by atoms with van der Waals surface area (Å²) in [6.45, 7) is 0. The van der Waals surface area contributed by atoms with Crippen LogP contribution in [0.3, 0.4) is 0 Å². The van der Waals surface area contributed by atoms with Gasteiger partial charge in [0.15, 0.2) is 0 Å². The van der Waals surface area contributed by atoms with Crippen molar-refractivity contribution in [2.24, 2.45) is 0 Å². The van der Waals surface area contributed by atoms with Crippen LogP contribution in [0.5, 0.6) is 11.5 Å². The Labute approximate surface area is 120 Å². The number of nitrogens with zero attached hydrogens (tertiary/aromatic N) is 1. The smallest absolute Gasteiger partial charge is 0.224 e. The molecule has 0 fully saturated rings. The van der Waals surface area contributed by atoms with Gasteiger partial charge < -0.3 is 10.1 Å². The maximum atomic E-state index is 13.1. The molecule has 0 spiro atoms. The predicted octanol–water partition coefficient (Wildman–Crippen LogP) is 3.37. The molecule has 1 amide bonds. The molecular weight excluding hydrogens is 271 g/mol. The van der Waals surface area contributed by atoms with Gasteiger partial charge in [0.05, 0.1) is 5.56 Å². The number of aryl methyl sites for hydroxylation is 1. The van der Waals surface area contributed by atoms with Crippen LogP contribution in [0.4, 0.5) is 10.1 Å². The largest absolute Gasteiger partial charge is 0.456 e. The van der Waals surface area contributed by atoms with Crippen molar-refractivity contribution in [3.05, 3.63) is 53.3 Å². The van der Waals surface area contributed by atoms with E-state index >= 15 is 0 Å². The van der Waals surface area contributed by atoms with E-state index in [1.807, 2.05) is 12.1 Å². The summed E-state index contributed by atoms with van der Waals surface area (Å²) in [5, 5.41) is 11.8. The molecule has 0 bridgehead atoms. The van der Waals surface area contributed by atoms with Gasteiger partial charge in [0.1, 0.15) is 23.4 Å². The summed E-state index contributed by atoms with van der Waals surface area (Å²) in [6, 6.07) is 11.0. The summed E-state index contributed by atoms with van der Waals surface area (Å²) in [4.78, 5) is 11.3. The number of anilines is 1. The van der Waals surface area contributed by atoms with E-state index in [2.05, 4.69) is 5.32 Å². The third kappa shape index (κ3) is 2.70. The van der Waals surface area contributed by atoms with E-state index in [1.54, 1.807) is 12.1 Å². The number of hydrogen-bond donors (Lipinski definition) is 1. The van der Waals surface area contributed by atoms with Crippen LogP contribution in [0.15, 0.2) is 36.4 Å². The molecule has 3 rings (SSSR count). The fourth-order valence-electron chi connectivity index (χ4n) is 2.23. The van der Waals surface area contributed by atoms with E-state index in [9.17, 15) is 9.18 Å². The molecule has 2 aromatic rings. The van der Waals surface area contributed by atoms with Gasteiger partial charge >= 0.3 is 0 Å². The molecule has 1 aliphatic heterocycles. The lowest BCUT2D eigenvalue weighted by Crippen LogP contribution is -2.18. The van der Waals surface area contributed by atoms with E-state index in [1.165, 1.54) is 12.1 Å². The molecule has 104 valence electrons. The maximum absolute atomic E-state index is 13.1. The first kappa shape index (κ1) is 13.1. The number of nitrogens with one attached hydrogen (secondary N) is 1. The predicted molar refractivity (Wildman–Crippen MR) is 74.6 cm³/mol. The Kier molecular flexibility index (Phi) is 3.28. The van der Waals surface area contributed by atoms with E-state index in [0.29, 0.717) is 24.3 Å². The average molecular weight is 282 g/mol. The van der Waals surface area contributed by atoms with Crippen molar-refractivity contribution in [1.29, 1.82) is 5.26 Å². The minimum absolute atomic E-state index is 0.00136. The molecule has 4 nitrogen and oxygen atoms in total. The van der Waals surface area contributed by atoms with Crippen LogP contribution in [-0.2, 0) is 11.2 Å². The minimum atomic E-state index is -0.480. The van der Waals surface area contributed by atoms with Gasteiger partial charge in [-0.3, -0.25) is 4.79 Å². The fourth-order valence-corrected chi connectivity index (χ4v) is 2.23. The third-order valence-corrected chi connectivity index (χ3v) is 3.26. The van der Waals surface area contributed by atoms with Gasteiger partial charge in [0.2, 0.25) is 5.91 Å². The van der Waals surface area contributed by atoms with Gasteiger partial charge in [-0.25, -0.2) is 4.39 Å². The second-order valence-corrected chi connectivity index (χ2v) is 4.72. The highest BCUT2D eigenvalue weighted by atomic mass is 19.1. The molecule has 0 aliphatic carbocycles. The van der Waals surface area contributed by atoms with Crippen LogP contribution in [0, 0.1) is 17.1 Å². The SMILES string of the molecule is N#Cc1cc(F)ccc1Oc1ccc2c(c1)CCC(=O)N2. The molecule has 0 saturated carbocycles. The van der Waals surface area contributed by atoms with Crippen molar-refractivity contribution < 1.29 is 13.9 Å². The normalized spacial score (nSPS) is 13.0. The number of fused-ring (bicyclic) bond motifs is 1. The summed E-state index contributed by atoms with van der Waals surface area (Å²) in [5.74, 6) is 0.375. The van der Waals surface area contributed by atoms with Crippen LogP contribution in [-0.4, -0.2) is 5.91 Å². The highest BCUT2D eigenvalue weighted by molar-refractivity contribution is 5.94. The molecular formula is C16H11FN2O2. The van der Waals surface area contributed by atoms with E-state index in [0.717, 1.165) is 17.3 Å². The average Bonchev–Trinajstić information content (AvgIpc) is 2.49. The topological polar surface area (TPSA) is 62.1 Å². The molecule has 0 saturated heterocycles.